The maximum Gasteiger partial charge on any atom is 0.434 e. The number of hydrazine groups is 1. The molecule has 3 aromatic rings. The molecule has 0 aliphatic heterocycles. The van der Waals surface area contributed by atoms with E-state index in [2.05, 4.69) is 5.10 Å². The van der Waals surface area contributed by atoms with Crippen molar-refractivity contribution in [2.75, 3.05) is 7.11 Å². The molecule has 0 atom stereocenters. The number of nitrogens with zero attached hydrogens (tertiary/aromatic N) is 2. The number of rotatable bonds is 6. The molecule has 0 unspecified atom stereocenters. The molecule has 1 heterocycles. The van der Waals surface area contributed by atoms with E-state index in [0.717, 1.165) is 0 Å². The van der Waals surface area contributed by atoms with Crippen LogP contribution in [-0.4, -0.2) is 31.2 Å². The molecular weight excluding hydrogens is 461 g/mol. The number of halogens is 4. The third kappa shape index (κ3) is 4.98. The second kappa shape index (κ2) is 8.57. The predicted octanol–water partition coefficient (Wildman–Crippen LogP) is 3.18. The Balaban J connectivity index is 1.86. The fourth-order valence-corrected chi connectivity index (χ4v) is 3.53. The van der Waals surface area contributed by atoms with Gasteiger partial charge in [0.25, 0.3) is 15.9 Å². The van der Waals surface area contributed by atoms with Crippen LogP contribution in [0.3, 0.4) is 0 Å². The SMILES string of the molecule is COc1ccc(S(=O)(=O)NNC(=O)c2cnn(-c3ccc(Cl)cc3)c2C(F)(F)F)cc1. The van der Waals surface area contributed by atoms with Crippen molar-refractivity contribution >= 4 is 27.5 Å². The summed E-state index contributed by atoms with van der Waals surface area (Å²) in [6, 6.07) is 10.4. The molecule has 2 N–H and O–H groups in total. The number of amides is 1. The summed E-state index contributed by atoms with van der Waals surface area (Å²) in [5.74, 6) is -0.947. The minimum absolute atomic E-state index is 0.00888. The second-order valence-electron chi connectivity index (χ2n) is 6.03. The lowest BCUT2D eigenvalue weighted by Gasteiger charge is -2.13. The number of sulfonamides is 1. The van der Waals surface area contributed by atoms with Gasteiger partial charge in [-0.15, -0.1) is 4.83 Å². The zero-order valence-corrected chi connectivity index (χ0v) is 17.2. The fourth-order valence-electron chi connectivity index (χ4n) is 2.56. The summed E-state index contributed by atoms with van der Waals surface area (Å²) in [6.07, 6.45) is -4.27. The average molecular weight is 475 g/mol. The van der Waals surface area contributed by atoms with Crippen LogP contribution in [0, 0.1) is 0 Å². The molecule has 13 heteroatoms. The number of nitrogens with one attached hydrogen (secondary N) is 2. The molecule has 0 spiro atoms. The second-order valence-corrected chi connectivity index (χ2v) is 8.15. The standard InChI is InChI=1S/C18H14ClF3N4O4S/c1-30-13-6-8-14(9-7-13)31(28,29)25-24-17(27)15-10-23-26(16(15)18(20,21)22)12-4-2-11(19)3-5-12/h2-10,25H,1H3,(H,24,27). The predicted molar refractivity (Wildman–Crippen MR) is 104 cm³/mol. The lowest BCUT2D eigenvalue weighted by molar-refractivity contribution is -0.143. The number of methoxy groups -OCH3 is 1. The van der Waals surface area contributed by atoms with E-state index < -0.39 is 33.4 Å². The van der Waals surface area contributed by atoms with Crippen molar-refractivity contribution in [2.45, 2.75) is 11.1 Å². The topological polar surface area (TPSA) is 102 Å². The van der Waals surface area contributed by atoms with E-state index >= 15 is 0 Å². The van der Waals surface area contributed by atoms with Crippen molar-refractivity contribution < 1.29 is 31.1 Å². The normalized spacial score (nSPS) is 11.9. The molecule has 1 aromatic heterocycles. The Morgan fingerprint density at radius 2 is 1.71 bits per heavy atom. The molecule has 31 heavy (non-hydrogen) atoms. The third-order valence-corrected chi connectivity index (χ3v) is 5.54. The van der Waals surface area contributed by atoms with Crippen molar-refractivity contribution in [3.8, 4) is 11.4 Å². The number of benzene rings is 2. The quantitative estimate of drug-likeness (QED) is 0.534. The lowest BCUT2D eigenvalue weighted by Crippen LogP contribution is -2.42. The van der Waals surface area contributed by atoms with E-state index in [-0.39, 0.29) is 10.6 Å². The van der Waals surface area contributed by atoms with E-state index in [9.17, 15) is 26.4 Å². The van der Waals surface area contributed by atoms with E-state index in [4.69, 9.17) is 16.3 Å². The van der Waals surface area contributed by atoms with Crippen LogP contribution in [0.2, 0.25) is 5.02 Å². The van der Waals surface area contributed by atoms with E-state index in [1.807, 2.05) is 0 Å². The van der Waals surface area contributed by atoms with E-state index in [1.165, 1.54) is 55.6 Å². The van der Waals surface area contributed by atoms with Crippen molar-refractivity contribution in [1.29, 1.82) is 0 Å². The summed E-state index contributed by atoms with van der Waals surface area (Å²) in [6.45, 7) is 0. The molecule has 1 amide bonds. The van der Waals surface area contributed by atoms with Crippen LogP contribution in [0.25, 0.3) is 5.69 Å². The summed E-state index contributed by atoms with van der Waals surface area (Å²) in [4.78, 5) is 13.9. The average Bonchev–Trinajstić information content (AvgIpc) is 3.18. The molecule has 0 saturated carbocycles. The summed E-state index contributed by atoms with van der Waals surface area (Å²) in [7, 11) is -2.85. The molecular formula is C18H14ClF3N4O4S. The van der Waals surface area contributed by atoms with Gasteiger partial charge < -0.3 is 4.74 Å². The Bertz CT molecular complexity index is 1190. The zero-order valence-electron chi connectivity index (χ0n) is 15.6. The molecule has 8 nitrogen and oxygen atoms in total. The molecule has 2 aromatic carbocycles. The van der Waals surface area contributed by atoms with Gasteiger partial charge >= 0.3 is 6.18 Å². The van der Waals surface area contributed by atoms with Gasteiger partial charge in [0.05, 0.1) is 29.5 Å². The molecule has 0 aliphatic carbocycles. The van der Waals surface area contributed by atoms with Gasteiger partial charge in [0.15, 0.2) is 5.69 Å². The Morgan fingerprint density at radius 3 is 2.26 bits per heavy atom. The van der Waals surface area contributed by atoms with Crippen LogP contribution in [0.5, 0.6) is 5.75 Å². The Labute approximate surface area is 179 Å². The third-order valence-electron chi connectivity index (χ3n) is 4.02. The first-order valence-corrected chi connectivity index (χ1v) is 10.3. The lowest BCUT2D eigenvalue weighted by atomic mass is 10.2. The van der Waals surface area contributed by atoms with Crippen LogP contribution in [0.15, 0.2) is 59.6 Å². The molecule has 0 saturated heterocycles. The van der Waals surface area contributed by atoms with E-state index in [1.54, 1.807) is 10.3 Å². The first kappa shape index (κ1) is 22.6. The van der Waals surface area contributed by atoms with Crippen LogP contribution in [0.1, 0.15) is 16.1 Å². The number of carbonyl (C=O) groups is 1. The van der Waals surface area contributed by atoms with Gasteiger partial charge in [-0.05, 0) is 48.5 Å². The molecule has 3 rings (SSSR count). The van der Waals surface area contributed by atoms with Crippen molar-refractivity contribution in [3.63, 3.8) is 0 Å². The number of aromatic nitrogens is 2. The number of carbonyl (C=O) groups excluding carboxylic acids is 1. The highest BCUT2D eigenvalue weighted by molar-refractivity contribution is 7.89. The minimum Gasteiger partial charge on any atom is -0.497 e. The molecule has 0 bridgehead atoms. The molecule has 164 valence electrons. The van der Waals surface area contributed by atoms with Gasteiger partial charge in [-0.1, -0.05) is 11.6 Å². The summed E-state index contributed by atoms with van der Waals surface area (Å²) in [5.41, 5.74) is -0.475. The summed E-state index contributed by atoms with van der Waals surface area (Å²) >= 11 is 5.75. The Kier molecular flexibility index (Phi) is 6.25. The highest BCUT2D eigenvalue weighted by Crippen LogP contribution is 2.33. The van der Waals surface area contributed by atoms with Gasteiger partial charge in [-0.3, -0.25) is 10.2 Å². The highest BCUT2D eigenvalue weighted by Gasteiger charge is 2.40. The zero-order chi connectivity index (χ0) is 22.8. The van der Waals surface area contributed by atoms with Crippen LogP contribution in [0.4, 0.5) is 13.2 Å². The Morgan fingerprint density at radius 1 is 1.10 bits per heavy atom. The van der Waals surface area contributed by atoms with Gasteiger partial charge in [0, 0.05) is 5.02 Å². The van der Waals surface area contributed by atoms with Gasteiger partial charge in [0.1, 0.15) is 5.75 Å². The van der Waals surface area contributed by atoms with Crippen LogP contribution < -0.4 is 15.0 Å². The maximum atomic E-state index is 13.7. The molecule has 0 radical (unpaired) electrons. The van der Waals surface area contributed by atoms with E-state index in [0.29, 0.717) is 21.7 Å². The van der Waals surface area contributed by atoms with Crippen molar-refractivity contribution in [2.24, 2.45) is 0 Å². The number of hydrogen-bond acceptors (Lipinski definition) is 5. The minimum atomic E-state index is -4.96. The molecule has 0 aliphatic rings. The monoisotopic (exact) mass is 474 g/mol. The van der Waals surface area contributed by atoms with Crippen molar-refractivity contribution in [3.05, 3.63) is 71.0 Å². The maximum absolute atomic E-state index is 13.7. The summed E-state index contributed by atoms with van der Waals surface area (Å²) in [5, 5.41) is 3.93. The Hall–Kier alpha value is -3.09. The van der Waals surface area contributed by atoms with Gasteiger partial charge in [-0.25, -0.2) is 13.1 Å². The number of ether oxygens (including phenoxy) is 1. The summed E-state index contributed by atoms with van der Waals surface area (Å²) < 4.78 is 71.0. The first-order valence-electron chi connectivity index (χ1n) is 8.40. The molecule has 0 fully saturated rings. The first-order chi connectivity index (χ1) is 14.5. The van der Waals surface area contributed by atoms with Crippen LogP contribution >= 0.6 is 11.6 Å². The smallest absolute Gasteiger partial charge is 0.434 e. The number of alkyl halides is 3. The fraction of sp³-hybridized carbons (Fsp3) is 0.111. The largest absolute Gasteiger partial charge is 0.497 e. The van der Waals surface area contributed by atoms with Gasteiger partial charge in [-0.2, -0.15) is 18.3 Å². The number of hydrogen-bond donors (Lipinski definition) is 2. The van der Waals surface area contributed by atoms with Crippen LogP contribution in [-0.2, 0) is 16.2 Å². The van der Waals surface area contributed by atoms with Crippen molar-refractivity contribution in [1.82, 2.24) is 20.0 Å². The highest BCUT2D eigenvalue weighted by atomic mass is 35.5. The van der Waals surface area contributed by atoms with Gasteiger partial charge in [0.2, 0.25) is 0 Å².